The fourth-order valence-electron chi connectivity index (χ4n) is 3.03. The smallest absolute Gasteiger partial charge is 0.329 e. The summed E-state index contributed by atoms with van der Waals surface area (Å²) in [5.41, 5.74) is 1.56. The van der Waals surface area contributed by atoms with Crippen LogP contribution in [0.2, 0.25) is 10.0 Å². The summed E-state index contributed by atoms with van der Waals surface area (Å²) in [6.07, 6.45) is 0.798. The third kappa shape index (κ3) is 4.81. The molecule has 7 nitrogen and oxygen atoms in total. The first-order valence-electron chi connectivity index (χ1n) is 9.10. The lowest BCUT2D eigenvalue weighted by atomic mass is 10.3. The van der Waals surface area contributed by atoms with Gasteiger partial charge in [0.05, 0.1) is 28.3 Å². The molecule has 1 aromatic heterocycles. The van der Waals surface area contributed by atoms with Gasteiger partial charge in [-0.2, -0.15) is 0 Å². The summed E-state index contributed by atoms with van der Waals surface area (Å²) in [5.74, 6) is -0.901. The van der Waals surface area contributed by atoms with Crippen molar-refractivity contribution < 1.29 is 9.59 Å². The molecule has 152 valence electrons. The number of benzene rings is 2. The molecule has 0 unspecified atom stereocenters. The number of rotatable bonds is 7. The first kappa shape index (κ1) is 21.0. The van der Waals surface area contributed by atoms with Crippen LogP contribution < -0.4 is 16.3 Å². The van der Waals surface area contributed by atoms with E-state index in [0.717, 1.165) is 11.9 Å². The molecule has 0 bridgehead atoms. The zero-order valence-electron chi connectivity index (χ0n) is 15.7. The molecule has 29 heavy (non-hydrogen) atoms. The molecule has 0 saturated carbocycles. The molecule has 2 N–H and O–H groups in total. The number of nitrogens with one attached hydrogen (secondary N) is 2. The third-order valence-electron chi connectivity index (χ3n) is 4.32. The van der Waals surface area contributed by atoms with E-state index in [-0.39, 0.29) is 18.8 Å². The van der Waals surface area contributed by atoms with E-state index in [2.05, 4.69) is 10.6 Å². The molecule has 0 radical (unpaired) electrons. The minimum absolute atomic E-state index is 0.179. The average molecular weight is 435 g/mol. The van der Waals surface area contributed by atoms with E-state index >= 15 is 0 Å². The van der Waals surface area contributed by atoms with Crippen LogP contribution in [0, 0.1) is 0 Å². The molecule has 9 heteroatoms. The highest BCUT2D eigenvalue weighted by Crippen LogP contribution is 2.25. The molecule has 2 amide bonds. The van der Waals surface area contributed by atoms with Crippen molar-refractivity contribution in [2.45, 2.75) is 26.4 Å². The van der Waals surface area contributed by atoms with Crippen molar-refractivity contribution >= 4 is 51.7 Å². The van der Waals surface area contributed by atoms with Crippen molar-refractivity contribution in [3.8, 4) is 0 Å². The lowest BCUT2D eigenvalue weighted by molar-refractivity contribution is -0.124. The number of hydrogen-bond acceptors (Lipinski definition) is 3. The van der Waals surface area contributed by atoms with E-state index in [1.165, 1.54) is 10.6 Å². The number of aromatic nitrogens is 2. The predicted molar refractivity (Wildman–Crippen MR) is 115 cm³/mol. The zero-order valence-corrected chi connectivity index (χ0v) is 17.3. The van der Waals surface area contributed by atoms with Gasteiger partial charge in [0.1, 0.15) is 6.54 Å². The Morgan fingerprint density at radius 2 is 1.69 bits per heavy atom. The molecule has 0 saturated heterocycles. The van der Waals surface area contributed by atoms with Crippen LogP contribution in [0.5, 0.6) is 0 Å². The highest BCUT2D eigenvalue weighted by Gasteiger charge is 2.15. The maximum Gasteiger partial charge on any atom is 0.329 e. The summed E-state index contributed by atoms with van der Waals surface area (Å²) in [6.45, 7) is 2.11. The molecule has 1 heterocycles. The van der Waals surface area contributed by atoms with Crippen LogP contribution in [0.15, 0.2) is 47.3 Å². The lowest BCUT2D eigenvalue weighted by Gasteiger charge is -2.09. The highest BCUT2D eigenvalue weighted by atomic mass is 35.5. The Morgan fingerprint density at radius 1 is 1.00 bits per heavy atom. The van der Waals surface area contributed by atoms with Gasteiger partial charge in [-0.25, -0.2) is 4.79 Å². The van der Waals surface area contributed by atoms with Gasteiger partial charge in [0.15, 0.2) is 0 Å². The summed E-state index contributed by atoms with van der Waals surface area (Å²) in [7, 11) is 0. The van der Waals surface area contributed by atoms with E-state index in [4.69, 9.17) is 23.2 Å². The minimum Gasteiger partial charge on any atom is -0.345 e. The van der Waals surface area contributed by atoms with Gasteiger partial charge in [-0.1, -0.05) is 42.3 Å². The van der Waals surface area contributed by atoms with E-state index in [9.17, 15) is 14.4 Å². The average Bonchev–Trinajstić information content (AvgIpc) is 2.95. The summed E-state index contributed by atoms with van der Waals surface area (Å²) in [6, 6.07) is 12.0. The number of anilines is 1. The number of hydrogen-bond donors (Lipinski definition) is 2. The number of carbonyl (C=O) groups is 2. The number of halogens is 2. The van der Waals surface area contributed by atoms with Gasteiger partial charge in [-0.05, 0) is 36.8 Å². The third-order valence-corrected chi connectivity index (χ3v) is 4.89. The van der Waals surface area contributed by atoms with Crippen LogP contribution in [0.4, 0.5) is 5.69 Å². The molecular weight excluding hydrogens is 415 g/mol. The van der Waals surface area contributed by atoms with Gasteiger partial charge in [-0.15, -0.1) is 0 Å². The Labute approximate surface area is 177 Å². The van der Waals surface area contributed by atoms with Crippen LogP contribution in [-0.4, -0.2) is 27.5 Å². The van der Waals surface area contributed by atoms with Gasteiger partial charge in [-0.3, -0.25) is 18.7 Å². The largest absolute Gasteiger partial charge is 0.345 e. The van der Waals surface area contributed by atoms with Crippen LogP contribution in [0.1, 0.15) is 13.3 Å². The first-order chi connectivity index (χ1) is 13.9. The summed E-state index contributed by atoms with van der Waals surface area (Å²) in [5, 5.41) is 5.88. The van der Waals surface area contributed by atoms with Crippen molar-refractivity contribution in [3.05, 3.63) is 63.0 Å². The predicted octanol–water partition coefficient (Wildman–Crippen LogP) is 3.27. The van der Waals surface area contributed by atoms with E-state index in [1.54, 1.807) is 22.8 Å². The molecule has 0 spiro atoms. The van der Waals surface area contributed by atoms with E-state index < -0.39 is 11.8 Å². The van der Waals surface area contributed by atoms with Crippen molar-refractivity contribution in [1.29, 1.82) is 0 Å². The zero-order chi connectivity index (χ0) is 21.0. The number of amides is 2. The molecule has 3 rings (SSSR count). The standard InChI is InChI=1S/C20H20Cl2N4O3/c1-2-9-25-16-5-3-4-6-17(16)26(20(25)29)12-19(28)23-11-18(27)24-15-10-13(21)7-8-14(15)22/h3-8,10H,2,9,11-12H2,1H3,(H,23,28)(H,24,27). The maximum absolute atomic E-state index is 12.7. The van der Waals surface area contributed by atoms with Crippen LogP contribution >= 0.6 is 23.2 Å². The Bertz CT molecular complexity index is 1120. The van der Waals surface area contributed by atoms with Crippen LogP contribution in [0.3, 0.4) is 0 Å². The molecule has 0 aliphatic carbocycles. The number of aryl methyl sites for hydroxylation is 1. The van der Waals surface area contributed by atoms with Gasteiger partial charge < -0.3 is 10.6 Å². The fourth-order valence-corrected chi connectivity index (χ4v) is 3.37. The van der Waals surface area contributed by atoms with E-state index in [0.29, 0.717) is 27.8 Å². The second-order valence-corrected chi connectivity index (χ2v) is 7.30. The number of nitrogens with zero attached hydrogens (tertiary/aromatic N) is 2. The topological polar surface area (TPSA) is 85.1 Å². The highest BCUT2D eigenvalue weighted by molar-refractivity contribution is 6.35. The molecule has 0 fully saturated rings. The van der Waals surface area contributed by atoms with Crippen molar-refractivity contribution in [2.24, 2.45) is 0 Å². The fraction of sp³-hybridized carbons (Fsp3) is 0.250. The quantitative estimate of drug-likeness (QED) is 0.598. The van der Waals surface area contributed by atoms with Gasteiger partial charge in [0.25, 0.3) is 0 Å². The minimum atomic E-state index is -0.455. The number of imidazole rings is 1. The van der Waals surface area contributed by atoms with Gasteiger partial charge in [0, 0.05) is 11.6 Å². The molecule has 3 aromatic rings. The SMILES string of the molecule is CCCn1c(=O)n(CC(=O)NCC(=O)Nc2cc(Cl)ccc2Cl)c2ccccc21. The summed E-state index contributed by atoms with van der Waals surface area (Å²) >= 11 is 11.9. The molecule has 2 aromatic carbocycles. The number of fused-ring (bicyclic) bond motifs is 1. The number of para-hydroxylation sites is 2. The maximum atomic E-state index is 12.7. The second-order valence-electron chi connectivity index (χ2n) is 6.46. The van der Waals surface area contributed by atoms with Gasteiger partial charge in [0.2, 0.25) is 11.8 Å². The van der Waals surface area contributed by atoms with Crippen molar-refractivity contribution in [3.63, 3.8) is 0 Å². The Kier molecular flexibility index (Phi) is 6.61. The van der Waals surface area contributed by atoms with Crippen LogP contribution in [0.25, 0.3) is 11.0 Å². The van der Waals surface area contributed by atoms with Crippen molar-refractivity contribution in [1.82, 2.24) is 14.5 Å². The van der Waals surface area contributed by atoms with E-state index in [1.807, 2.05) is 25.1 Å². The normalized spacial score (nSPS) is 10.9. The summed E-state index contributed by atoms with van der Waals surface area (Å²) in [4.78, 5) is 37.1. The molecule has 0 atom stereocenters. The number of carbonyl (C=O) groups excluding carboxylic acids is 2. The van der Waals surface area contributed by atoms with Gasteiger partial charge >= 0.3 is 5.69 Å². The summed E-state index contributed by atoms with van der Waals surface area (Å²) < 4.78 is 3.06. The monoisotopic (exact) mass is 434 g/mol. The Morgan fingerprint density at radius 3 is 2.38 bits per heavy atom. The Balaban J connectivity index is 1.67. The van der Waals surface area contributed by atoms with Crippen molar-refractivity contribution in [2.75, 3.05) is 11.9 Å². The first-order valence-corrected chi connectivity index (χ1v) is 9.86. The van der Waals surface area contributed by atoms with Crippen LogP contribution in [-0.2, 0) is 22.7 Å². The Hall–Kier alpha value is -2.77. The molecule has 0 aliphatic heterocycles. The molecular formula is C20H20Cl2N4O3. The second kappa shape index (κ2) is 9.15. The molecule has 0 aliphatic rings. The lowest BCUT2D eigenvalue weighted by Crippen LogP contribution is -2.37.